The maximum Gasteiger partial charge on any atom is 0.251 e. The van der Waals surface area contributed by atoms with Gasteiger partial charge in [0.05, 0.1) is 22.0 Å². The molecule has 2 aromatic heterocycles. The Labute approximate surface area is 206 Å². The molecule has 2 N–H and O–H groups in total. The molecule has 0 spiro atoms. The van der Waals surface area contributed by atoms with Crippen molar-refractivity contribution in [3.05, 3.63) is 59.5 Å². The van der Waals surface area contributed by atoms with Crippen LogP contribution in [0.1, 0.15) is 41.2 Å². The Kier molecular flexibility index (Phi) is 5.78. The summed E-state index contributed by atoms with van der Waals surface area (Å²) in [4.78, 5) is 20.1. The third kappa shape index (κ3) is 4.22. The number of alkyl halides is 1. The van der Waals surface area contributed by atoms with Crippen molar-refractivity contribution in [1.29, 1.82) is 0 Å². The third-order valence-corrected chi connectivity index (χ3v) is 8.17. The fourth-order valence-corrected chi connectivity index (χ4v) is 6.21. The summed E-state index contributed by atoms with van der Waals surface area (Å²) in [6.45, 7) is 2.06. The van der Waals surface area contributed by atoms with Crippen LogP contribution in [-0.4, -0.2) is 59.1 Å². The number of halogens is 2. The summed E-state index contributed by atoms with van der Waals surface area (Å²) in [6.07, 6.45) is 3.49. The van der Waals surface area contributed by atoms with Gasteiger partial charge < -0.3 is 15.5 Å². The number of thiazole rings is 1. The molecule has 4 heterocycles. The summed E-state index contributed by atoms with van der Waals surface area (Å²) in [5.74, 6) is -0.542. The number of amides is 1. The van der Waals surface area contributed by atoms with E-state index in [1.165, 1.54) is 11.3 Å². The second-order valence-electron chi connectivity index (χ2n) is 9.60. The van der Waals surface area contributed by atoms with Gasteiger partial charge in [-0.2, -0.15) is 0 Å². The Morgan fingerprint density at radius 2 is 2.11 bits per heavy atom. The maximum atomic E-state index is 15.0. The van der Waals surface area contributed by atoms with E-state index >= 15 is 0 Å². The van der Waals surface area contributed by atoms with Crippen molar-refractivity contribution in [3.63, 3.8) is 0 Å². The molecule has 0 saturated carbocycles. The van der Waals surface area contributed by atoms with Gasteiger partial charge in [0, 0.05) is 36.5 Å². The predicted octanol–water partition coefficient (Wildman–Crippen LogP) is 4.55. The molecular weight excluding hydrogens is 468 g/mol. The lowest BCUT2D eigenvalue weighted by atomic mass is 10.0. The van der Waals surface area contributed by atoms with Crippen molar-refractivity contribution in [1.82, 2.24) is 24.9 Å². The van der Waals surface area contributed by atoms with Gasteiger partial charge in [0.1, 0.15) is 12.0 Å². The number of benzene rings is 2. The van der Waals surface area contributed by atoms with Gasteiger partial charge in [-0.25, -0.2) is 13.8 Å². The molecule has 1 unspecified atom stereocenters. The molecule has 35 heavy (non-hydrogen) atoms. The molecule has 0 bridgehead atoms. The maximum absolute atomic E-state index is 15.0. The van der Waals surface area contributed by atoms with Crippen LogP contribution in [0.3, 0.4) is 0 Å². The lowest BCUT2D eigenvalue weighted by molar-refractivity contribution is 0.0822. The van der Waals surface area contributed by atoms with Crippen LogP contribution >= 0.6 is 11.3 Å². The first kappa shape index (κ1) is 22.6. The normalized spacial score (nSPS) is 23.3. The average molecular weight is 496 g/mol. The second-order valence-corrected chi connectivity index (χ2v) is 10.6. The van der Waals surface area contributed by atoms with Crippen molar-refractivity contribution in [2.24, 2.45) is 0 Å². The van der Waals surface area contributed by atoms with Crippen molar-refractivity contribution in [2.45, 2.75) is 37.5 Å². The summed E-state index contributed by atoms with van der Waals surface area (Å²) >= 11 is 1.44. The molecule has 2 fully saturated rings. The minimum atomic E-state index is -1.08. The predicted molar refractivity (Wildman–Crippen MR) is 134 cm³/mol. The van der Waals surface area contributed by atoms with Crippen LogP contribution in [0.5, 0.6) is 0 Å². The highest BCUT2D eigenvalue weighted by atomic mass is 32.1. The molecule has 1 amide bonds. The van der Waals surface area contributed by atoms with E-state index in [1.807, 2.05) is 46.8 Å². The minimum absolute atomic E-state index is 0.217. The summed E-state index contributed by atoms with van der Waals surface area (Å²) in [6, 6.07) is 10.6. The lowest BCUT2D eigenvalue weighted by Gasteiger charge is -2.32. The first-order valence-electron chi connectivity index (χ1n) is 12.0. The average Bonchev–Trinajstić information content (AvgIpc) is 3.57. The van der Waals surface area contributed by atoms with E-state index in [0.717, 1.165) is 46.7 Å². The van der Waals surface area contributed by atoms with E-state index in [-0.39, 0.29) is 17.8 Å². The highest BCUT2D eigenvalue weighted by Gasteiger charge is 2.29. The van der Waals surface area contributed by atoms with Gasteiger partial charge >= 0.3 is 0 Å². The van der Waals surface area contributed by atoms with Gasteiger partial charge in [-0.3, -0.25) is 9.20 Å². The van der Waals surface area contributed by atoms with Crippen LogP contribution in [0.25, 0.3) is 26.4 Å². The minimum Gasteiger partial charge on any atom is -0.346 e. The van der Waals surface area contributed by atoms with Crippen molar-refractivity contribution in [2.75, 3.05) is 26.7 Å². The van der Waals surface area contributed by atoms with Gasteiger partial charge in [-0.15, -0.1) is 0 Å². The standard InChI is InChI=1S/C26H27F2N5OS/c1-32-10-8-21(19(28)13-32)30-25(34)16-5-7-23-24(12-16)35-26-31-22(14-33(23)26)17-6-4-15(11-18(17)27)20-3-2-9-29-20/h4-7,11-12,14,19-21,29H,2-3,8-10,13H2,1H3,(H,30,34)/t19-,20?,21+/m0/s1. The summed E-state index contributed by atoms with van der Waals surface area (Å²) in [7, 11) is 1.88. The van der Waals surface area contributed by atoms with Crippen LogP contribution in [0.2, 0.25) is 0 Å². The smallest absolute Gasteiger partial charge is 0.251 e. The number of carbonyl (C=O) groups is 1. The van der Waals surface area contributed by atoms with E-state index in [4.69, 9.17) is 0 Å². The Bertz CT molecular complexity index is 1410. The summed E-state index contributed by atoms with van der Waals surface area (Å²) < 4.78 is 32.1. The molecule has 6 nitrogen and oxygen atoms in total. The van der Waals surface area contributed by atoms with Crippen LogP contribution < -0.4 is 10.6 Å². The molecule has 0 aliphatic carbocycles. The fourth-order valence-electron chi connectivity index (χ4n) is 5.17. The number of likely N-dealkylation sites (tertiary alicyclic amines) is 1. The van der Waals surface area contributed by atoms with Crippen LogP contribution in [0.15, 0.2) is 42.6 Å². The van der Waals surface area contributed by atoms with Gasteiger partial charge in [0.2, 0.25) is 0 Å². The van der Waals surface area contributed by atoms with Crippen molar-refractivity contribution >= 4 is 32.4 Å². The van der Waals surface area contributed by atoms with Gasteiger partial charge in [0.25, 0.3) is 5.91 Å². The summed E-state index contributed by atoms with van der Waals surface area (Å²) in [5.41, 5.74) is 3.43. The lowest BCUT2D eigenvalue weighted by Crippen LogP contribution is -2.51. The quantitative estimate of drug-likeness (QED) is 0.436. The highest BCUT2D eigenvalue weighted by molar-refractivity contribution is 7.23. The summed E-state index contributed by atoms with van der Waals surface area (Å²) in [5, 5.41) is 6.26. The second kappa shape index (κ2) is 8.96. The first-order chi connectivity index (χ1) is 17.0. The zero-order valence-electron chi connectivity index (χ0n) is 19.4. The molecule has 2 aliphatic rings. The van der Waals surface area contributed by atoms with Crippen LogP contribution in [-0.2, 0) is 0 Å². The highest BCUT2D eigenvalue weighted by Crippen LogP contribution is 2.33. The Morgan fingerprint density at radius 3 is 2.89 bits per heavy atom. The number of imidazole rings is 1. The zero-order chi connectivity index (χ0) is 24.1. The van der Waals surface area contributed by atoms with E-state index in [1.54, 1.807) is 12.1 Å². The Morgan fingerprint density at radius 1 is 1.23 bits per heavy atom. The third-order valence-electron chi connectivity index (χ3n) is 7.15. The molecule has 6 rings (SSSR count). The number of piperidine rings is 1. The van der Waals surface area contributed by atoms with Gasteiger partial charge in [-0.05, 0) is 68.8 Å². The molecule has 2 aromatic carbocycles. The number of rotatable bonds is 4. The Balaban J connectivity index is 1.24. The van der Waals surface area contributed by atoms with Crippen LogP contribution in [0, 0.1) is 5.82 Å². The zero-order valence-corrected chi connectivity index (χ0v) is 20.2. The Hall–Kier alpha value is -2.88. The van der Waals surface area contributed by atoms with E-state index in [2.05, 4.69) is 15.6 Å². The van der Waals surface area contributed by atoms with Gasteiger partial charge in [-0.1, -0.05) is 17.4 Å². The first-order valence-corrected chi connectivity index (χ1v) is 12.9. The molecule has 0 radical (unpaired) electrons. The number of hydrogen-bond donors (Lipinski definition) is 2. The molecule has 182 valence electrons. The molecule has 9 heteroatoms. The number of nitrogens with one attached hydrogen (secondary N) is 2. The van der Waals surface area contributed by atoms with Crippen molar-refractivity contribution < 1.29 is 13.6 Å². The van der Waals surface area contributed by atoms with E-state index in [9.17, 15) is 13.6 Å². The van der Waals surface area contributed by atoms with Crippen molar-refractivity contribution in [3.8, 4) is 11.3 Å². The molecule has 2 aliphatic heterocycles. The number of fused-ring (bicyclic) bond motifs is 3. The van der Waals surface area contributed by atoms with Crippen LogP contribution in [0.4, 0.5) is 8.78 Å². The fraction of sp³-hybridized carbons (Fsp3) is 0.385. The number of hydrogen-bond acceptors (Lipinski definition) is 5. The van der Waals surface area contributed by atoms with Gasteiger partial charge in [0.15, 0.2) is 4.96 Å². The molecular formula is C26H27F2N5OS. The number of nitrogens with zero attached hydrogens (tertiary/aromatic N) is 3. The van der Waals surface area contributed by atoms with E-state index in [0.29, 0.717) is 29.8 Å². The topological polar surface area (TPSA) is 61.7 Å². The van der Waals surface area contributed by atoms with E-state index < -0.39 is 12.2 Å². The molecule has 4 aromatic rings. The number of aromatic nitrogens is 2. The number of carbonyl (C=O) groups excluding carboxylic acids is 1. The SMILES string of the molecule is CN1CC[C@@H](NC(=O)c2ccc3c(c2)sc2nc(-c4ccc(C5CCCN5)cc4F)cn23)[C@@H](F)C1. The molecule has 3 atom stereocenters. The molecule has 2 saturated heterocycles. The largest absolute Gasteiger partial charge is 0.346 e. The monoisotopic (exact) mass is 495 g/mol.